The van der Waals surface area contributed by atoms with E-state index in [2.05, 4.69) is 24.9 Å². The summed E-state index contributed by atoms with van der Waals surface area (Å²) in [5.74, 6) is 0.487. The average molecular weight is 280 g/mol. The van der Waals surface area contributed by atoms with E-state index in [0.717, 1.165) is 36.6 Å². The highest BCUT2D eigenvalue weighted by Crippen LogP contribution is 2.37. The van der Waals surface area contributed by atoms with Gasteiger partial charge in [0, 0.05) is 5.39 Å². The number of hydrogen-bond donors (Lipinski definition) is 0. The lowest BCUT2D eigenvalue weighted by atomic mass is 9.76. The van der Waals surface area contributed by atoms with E-state index >= 15 is 0 Å². The van der Waals surface area contributed by atoms with Gasteiger partial charge in [0.1, 0.15) is 17.7 Å². The molecule has 0 atom stereocenters. The highest BCUT2D eigenvalue weighted by Gasteiger charge is 2.28. The zero-order valence-corrected chi connectivity index (χ0v) is 12.6. The monoisotopic (exact) mass is 280 g/mol. The number of benzene rings is 1. The first kappa shape index (κ1) is 13.9. The van der Waals surface area contributed by atoms with Crippen molar-refractivity contribution in [1.82, 2.24) is 4.98 Å². The fourth-order valence-corrected chi connectivity index (χ4v) is 2.92. The number of nitriles is 1. The minimum absolute atomic E-state index is 0.179. The Labute approximate surface area is 125 Å². The molecule has 1 fully saturated rings. The Morgan fingerprint density at radius 2 is 1.95 bits per heavy atom. The third kappa shape index (κ3) is 3.00. The molecule has 1 heterocycles. The summed E-state index contributed by atoms with van der Waals surface area (Å²) in [5.41, 5.74) is 1.82. The molecule has 3 rings (SSSR count). The molecule has 21 heavy (non-hydrogen) atoms. The third-order valence-corrected chi connectivity index (χ3v) is 4.37. The summed E-state index contributed by atoms with van der Waals surface area (Å²) in [5, 5.41) is 10.3. The third-order valence-electron chi connectivity index (χ3n) is 4.37. The van der Waals surface area contributed by atoms with Crippen LogP contribution in [0.4, 0.5) is 0 Å². The molecule has 0 N–H and O–H groups in total. The fraction of sp³-hybridized carbons (Fsp3) is 0.444. The van der Waals surface area contributed by atoms with Gasteiger partial charge in [-0.1, -0.05) is 32.0 Å². The highest BCUT2D eigenvalue weighted by atomic mass is 16.5. The van der Waals surface area contributed by atoms with Crippen LogP contribution in [0.5, 0.6) is 5.88 Å². The van der Waals surface area contributed by atoms with Crippen molar-refractivity contribution < 1.29 is 4.74 Å². The second kappa shape index (κ2) is 5.37. The number of nitrogens with zero attached hydrogens (tertiary/aromatic N) is 2. The predicted octanol–water partition coefficient (Wildman–Crippen LogP) is 4.45. The second-order valence-corrected chi connectivity index (χ2v) is 6.63. The Hall–Kier alpha value is -2.08. The van der Waals surface area contributed by atoms with Gasteiger partial charge >= 0.3 is 0 Å². The van der Waals surface area contributed by atoms with E-state index in [1.165, 1.54) is 0 Å². The summed E-state index contributed by atoms with van der Waals surface area (Å²) < 4.78 is 6.05. The van der Waals surface area contributed by atoms with E-state index in [9.17, 15) is 5.26 Å². The maximum Gasteiger partial charge on any atom is 0.232 e. The lowest BCUT2D eigenvalue weighted by molar-refractivity contribution is 0.0949. The van der Waals surface area contributed by atoms with E-state index in [1.807, 2.05) is 30.3 Å². The molecular weight excluding hydrogens is 260 g/mol. The molecule has 0 amide bonds. The lowest BCUT2D eigenvalue weighted by Gasteiger charge is -2.34. The number of rotatable bonds is 2. The van der Waals surface area contributed by atoms with Gasteiger partial charge in [-0.2, -0.15) is 5.26 Å². The van der Waals surface area contributed by atoms with Crippen molar-refractivity contribution in [2.24, 2.45) is 5.41 Å². The highest BCUT2D eigenvalue weighted by molar-refractivity contribution is 5.80. The summed E-state index contributed by atoms with van der Waals surface area (Å²) >= 11 is 0. The van der Waals surface area contributed by atoms with Crippen LogP contribution in [0.15, 0.2) is 30.3 Å². The van der Waals surface area contributed by atoms with Crippen LogP contribution in [0, 0.1) is 16.7 Å². The van der Waals surface area contributed by atoms with Gasteiger partial charge in [-0.25, -0.2) is 4.98 Å². The Kier molecular flexibility index (Phi) is 3.55. The number of ether oxygens (including phenoxy) is 1. The number of aromatic nitrogens is 1. The van der Waals surface area contributed by atoms with E-state index < -0.39 is 0 Å². The SMILES string of the molecule is CC1(C)CCC(Oc2nc3ccccc3cc2C#N)CC1. The Balaban J connectivity index is 1.85. The summed E-state index contributed by atoms with van der Waals surface area (Å²) in [6.45, 7) is 4.61. The topological polar surface area (TPSA) is 45.9 Å². The zero-order valence-electron chi connectivity index (χ0n) is 12.6. The first-order valence-electron chi connectivity index (χ1n) is 7.54. The van der Waals surface area contributed by atoms with Crippen molar-refractivity contribution in [3.8, 4) is 11.9 Å². The molecule has 1 aliphatic rings. The molecule has 0 radical (unpaired) electrons. The van der Waals surface area contributed by atoms with Crippen molar-refractivity contribution in [2.75, 3.05) is 0 Å². The maximum absolute atomic E-state index is 9.32. The number of para-hydroxylation sites is 1. The largest absolute Gasteiger partial charge is 0.473 e. The Morgan fingerprint density at radius 1 is 1.24 bits per heavy atom. The minimum Gasteiger partial charge on any atom is -0.473 e. The second-order valence-electron chi connectivity index (χ2n) is 6.63. The smallest absolute Gasteiger partial charge is 0.232 e. The molecule has 0 saturated heterocycles. The predicted molar refractivity (Wildman–Crippen MR) is 83.1 cm³/mol. The van der Waals surface area contributed by atoms with Crippen LogP contribution in [0.3, 0.4) is 0 Å². The maximum atomic E-state index is 9.32. The summed E-state index contributed by atoms with van der Waals surface area (Å²) in [4.78, 5) is 4.53. The molecule has 1 saturated carbocycles. The van der Waals surface area contributed by atoms with Crippen LogP contribution in [0.1, 0.15) is 45.1 Å². The van der Waals surface area contributed by atoms with Gasteiger partial charge in [0.05, 0.1) is 5.52 Å². The van der Waals surface area contributed by atoms with Crippen molar-refractivity contribution in [3.05, 3.63) is 35.9 Å². The number of pyridine rings is 1. The van der Waals surface area contributed by atoms with Gasteiger partial charge in [-0.05, 0) is 43.2 Å². The molecule has 108 valence electrons. The number of hydrogen-bond acceptors (Lipinski definition) is 3. The molecule has 0 bridgehead atoms. The molecule has 3 nitrogen and oxygen atoms in total. The minimum atomic E-state index is 0.179. The Morgan fingerprint density at radius 3 is 2.67 bits per heavy atom. The molecule has 0 spiro atoms. The van der Waals surface area contributed by atoms with Crippen LogP contribution in [-0.4, -0.2) is 11.1 Å². The first-order valence-corrected chi connectivity index (χ1v) is 7.54. The van der Waals surface area contributed by atoms with Crippen LogP contribution in [0.25, 0.3) is 10.9 Å². The molecule has 2 aromatic rings. The fourth-order valence-electron chi connectivity index (χ4n) is 2.92. The van der Waals surface area contributed by atoms with E-state index in [0.29, 0.717) is 16.9 Å². The molecule has 1 aliphatic carbocycles. The van der Waals surface area contributed by atoms with Gasteiger partial charge in [0.15, 0.2) is 0 Å². The molecule has 1 aromatic heterocycles. The standard InChI is InChI=1S/C18H20N2O/c1-18(2)9-7-15(8-10-18)21-17-14(12-19)11-13-5-3-4-6-16(13)20-17/h3-6,11,15H,7-10H2,1-2H3. The van der Waals surface area contributed by atoms with Crippen LogP contribution >= 0.6 is 0 Å². The van der Waals surface area contributed by atoms with Crippen LogP contribution in [-0.2, 0) is 0 Å². The van der Waals surface area contributed by atoms with Gasteiger partial charge < -0.3 is 4.74 Å². The molecule has 0 unspecified atom stereocenters. The molecule has 1 aromatic carbocycles. The van der Waals surface area contributed by atoms with Crippen LogP contribution in [0.2, 0.25) is 0 Å². The molecule has 0 aliphatic heterocycles. The van der Waals surface area contributed by atoms with Crippen molar-refractivity contribution in [2.45, 2.75) is 45.6 Å². The van der Waals surface area contributed by atoms with Gasteiger partial charge in [-0.3, -0.25) is 0 Å². The number of fused-ring (bicyclic) bond motifs is 1. The average Bonchev–Trinajstić information content (AvgIpc) is 2.48. The van der Waals surface area contributed by atoms with Gasteiger partial charge in [-0.15, -0.1) is 0 Å². The quantitative estimate of drug-likeness (QED) is 0.816. The normalized spacial score (nSPS) is 18.3. The van der Waals surface area contributed by atoms with Crippen LogP contribution < -0.4 is 4.74 Å². The lowest BCUT2D eigenvalue weighted by Crippen LogP contribution is -2.28. The summed E-state index contributed by atoms with van der Waals surface area (Å²) in [7, 11) is 0. The van der Waals surface area contributed by atoms with Gasteiger partial charge in [0.25, 0.3) is 0 Å². The Bertz CT molecular complexity index is 690. The molecular formula is C18H20N2O. The van der Waals surface area contributed by atoms with Crippen molar-refractivity contribution in [3.63, 3.8) is 0 Å². The van der Waals surface area contributed by atoms with E-state index in [4.69, 9.17) is 4.74 Å². The zero-order chi connectivity index (χ0) is 14.9. The van der Waals surface area contributed by atoms with Gasteiger partial charge in [0.2, 0.25) is 5.88 Å². The van der Waals surface area contributed by atoms with Crippen molar-refractivity contribution >= 4 is 10.9 Å². The summed E-state index contributed by atoms with van der Waals surface area (Å²) in [6.07, 6.45) is 4.57. The van der Waals surface area contributed by atoms with E-state index in [-0.39, 0.29) is 6.10 Å². The first-order chi connectivity index (χ1) is 10.1. The van der Waals surface area contributed by atoms with E-state index in [1.54, 1.807) is 0 Å². The van der Waals surface area contributed by atoms with Crippen molar-refractivity contribution in [1.29, 1.82) is 5.26 Å². The molecule has 3 heteroatoms. The summed E-state index contributed by atoms with van der Waals surface area (Å²) in [6, 6.07) is 11.9.